The number of para-hydroxylation sites is 1. The largest absolute Gasteiger partial charge is 0.341 e. The van der Waals surface area contributed by atoms with Crippen molar-refractivity contribution in [2.45, 2.75) is 42.8 Å². The highest BCUT2D eigenvalue weighted by Gasteiger charge is 2.31. The molecule has 0 N–H and O–H groups in total. The summed E-state index contributed by atoms with van der Waals surface area (Å²) in [7, 11) is 0. The van der Waals surface area contributed by atoms with Crippen molar-refractivity contribution in [3.8, 4) is 10.7 Å². The standard InChI is InChI=1S/C23H23N5OS3/c29-20(14-31-23-26-25-21(19-8-4-12-30-19)28(23)16-9-10-16)27-11-3-5-15(13-27)22-24-17-6-1-2-7-18(17)32-22/h1-2,4,6-8,12,15-16H,3,5,9-11,13-14H2/t15-/m0/s1. The van der Waals surface area contributed by atoms with Crippen molar-refractivity contribution in [3.05, 3.63) is 46.8 Å². The van der Waals surface area contributed by atoms with Crippen LogP contribution in [0.25, 0.3) is 20.9 Å². The van der Waals surface area contributed by atoms with E-state index in [1.165, 1.54) is 16.5 Å². The van der Waals surface area contributed by atoms with Gasteiger partial charge in [0.05, 0.1) is 25.9 Å². The second-order valence-corrected chi connectivity index (χ2v) is 11.3. The Morgan fingerprint density at radius 3 is 2.84 bits per heavy atom. The maximum Gasteiger partial charge on any atom is 0.233 e. The van der Waals surface area contributed by atoms with E-state index < -0.39 is 0 Å². The highest BCUT2D eigenvalue weighted by atomic mass is 32.2. The Balaban J connectivity index is 1.14. The second-order valence-electron chi connectivity index (χ2n) is 8.37. The van der Waals surface area contributed by atoms with E-state index in [1.807, 2.05) is 17.0 Å². The molecule has 32 heavy (non-hydrogen) atoms. The molecule has 6 rings (SSSR count). The summed E-state index contributed by atoms with van der Waals surface area (Å²) in [6.07, 6.45) is 4.44. The lowest BCUT2D eigenvalue weighted by Gasteiger charge is -2.31. The Morgan fingerprint density at radius 2 is 2.03 bits per heavy atom. The van der Waals surface area contributed by atoms with E-state index in [0.717, 1.165) is 65.2 Å². The fourth-order valence-electron chi connectivity index (χ4n) is 4.30. The van der Waals surface area contributed by atoms with Crippen molar-refractivity contribution in [2.24, 2.45) is 0 Å². The van der Waals surface area contributed by atoms with E-state index in [4.69, 9.17) is 4.98 Å². The van der Waals surface area contributed by atoms with Crippen molar-refractivity contribution in [2.75, 3.05) is 18.8 Å². The van der Waals surface area contributed by atoms with Crippen LogP contribution in [0.3, 0.4) is 0 Å². The fraction of sp³-hybridized carbons (Fsp3) is 0.391. The molecule has 1 aliphatic carbocycles. The maximum atomic E-state index is 13.1. The molecule has 4 aromatic rings. The minimum Gasteiger partial charge on any atom is -0.341 e. The summed E-state index contributed by atoms with van der Waals surface area (Å²) in [4.78, 5) is 21.1. The lowest BCUT2D eigenvalue weighted by Crippen LogP contribution is -2.40. The predicted octanol–water partition coefficient (Wildman–Crippen LogP) is 5.45. The molecule has 9 heteroatoms. The van der Waals surface area contributed by atoms with Gasteiger partial charge in [0.1, 0.15) is 0 Å². The molecule has 0 bridgehead atoms. The van der Waals surface area contributed by atoms with Gasteiger partial charge in [0.15, 0.2) is 11.0 Å². The van der Waals surface area contributed by atoms with Crippen LogP contribution in [0.2, 0.25) is 0 Å². The summed E-state index contributed by atoms with van der Waals surface area (Å²) in [5.74, 6) is 1.85. The number of hydrogen-bond donors (Lipinski definition) is 0. The van der Waals surface area contributed by atoms with Crippen LogP contribution in [0.5, 0.6) is 0 Å². The average Bonchev–Trinajstić information content (AvgIpc) is 3.22. The van der Waals surface area contributed by atoms with Gasteiger partial charge in [-0.15, -0.1) is 32.9 Å². The molecule has 1 atom stereocenters. The van der Waals surface area contributed by atoms with E-state index in [-0.39, 0.29) is 5.91 Å². The quantitative estimate of drug-likeness (QED) is 0.343. The number of aromatic nitrogens is 4. The fourth-order valence-corrected chi connectivity index (χ4v) is 7.01. The van der Waals surface area contributed by atoms with Crippen molar-refractivity contribution >= 4 is 50.6 Å². The highest BCUT2D eigenvalue weighted by Crippen LogP contribution is 2.42. The number of thioether (sulfide) groups is 1. The van der Waals surface area contributed by atoms with Gasteiger partial charge in [-0.3, -0.25) is 9.36 Å². The first-order valence-electron chi connectivity index (χ1n) is 11.0. The second kappa shape index (κ2) is 8.61. The maximum absolute atomic E-state index is 13.1. The van der Waals surface area contributed by atoms with Crippen LogP contribution in [0.15, 0.2) is 46.9 Å². The van der Waals surface area contributed by atoms with Crippen LogP contribution in [-0.4, -0.2) is 49.4 Å². The number of thiazole rings is 1. The van der Waals surface area contributed by atoms with Gasteiger partial charge in [-0.1, -0.05) is 30.0 Å². The van der Waals surface area contributed by atoms with Gasteiger partial charge in [-0.25, -0.2) is 4.98 Å². The average molecular weight is 482 g/mol. The number of hydrogen-bond acceptors (Lipinski definition) is 7. The SMILES string of the molecule is O=C(CSc1nnc(-c2cccs2)n1C1CC1)N1CCC[C@H](c2nc3ccccc3s2)C1. The number of piperidine rings is 1. The number of amides is 1. The van der Waals surface area contributed by atoms with E-state index in [9.17, 15) is 4.79 Å². The molecule has 6 nitrogen and oxygen atoms in total. The third-order valence-corrected chi connectivity index (χ3v) is 9.07. The molecule has 1 aliphatic heterocycles. The molecule has 1 saturated heterocycles. The summed E-state index contributed by atoms with van der Waals surface area (Å²) in [5, 5.41) is 13.0. The zero-order chi connectivity index (χ0) is 21.5. The van der Waals surface area contributed by atoms with Crippen molar-refractivity contribution < 1.29 is 4.79 Å². The lowest BCUT2D eigenvalue weighted by molar-refractivity contribution is -0.129. The molecule has 164 valence electrons. The number of thiophene rings is 1. The lowest BCUT2D eigenvalue weighted by atomic mass is 9.99. The summed E-state index contributed by atoms with van der Waals surface area (Å²) in [6, 6.07) is 12.9. The first-order valence-corrected chi connectivity index (χ1v) is 13.7. The minimum absolute atomic E-state index is 0.184. The smallest absolute Gasteiger partial charge is 0.233 e. The Bertz CT molecular complexity index is 1210. The molecule has 3 aromatic heterocycles. The normalized spacial score (nSPS) is 19.0. The number of likely N-dealkylation sites (tertiary alicyclic amines) is 1. The molecule has 4 heterocycles. The highest BCUT2D eigenvalue weighted by molar-refractivity contribution is 7.99. The van der Waals surface area contributed by atoms with Crippen molar-refractivity contribution in [1.29, 1.82) is 0 Å². The summed E-state index contributed by atoms with van der Waals surface area (Å²) >= 11 is 4.97. The van der Waals surface area contributed by atoms with Crippen molar-refractivity contribution in [3.63, 3.8) is 0 Å². The Hall–Kier alpha value is -2.23. The Labute approximate surface area is 198 Å². The molecular weight excluding hydrogens is 458 g/mol. The molecule has 2 aliphatic rings. The first-order chi connectivity index (χ1) is 15.8. The third-order valence-electron chi connectivity index (χ3n) is 6.08. The summed E-state index contributed by atoms with van der Waals surface area (Å²) < 4.78 is 3.46. The van der Waals surface area contributed by atoms with Crippen LogP contribution in [-0.2, 0) is 4.79 Å². The zero-order valence-corrected chi connectivity index (χ0v) is 20.0. The number of benzene rings is 1. The molecule has 0 spiro atoms. The van der Waals surface area contributed by atoms with E-state index in [0.29, 0.717) is 17.7 Å². The minimum atomic E-state index is 0.184. The molecule has 1 saturated carbocycles. The topological polar surface area (TPSA) is 63.9 Å². The summed E-state index contributed by atoms with van der Waals surface area (Å²) in [6.45, 7) is 1.59. The number of carbonyl (C=O) groups excluding carboxylic acids is 1. The monoisotopic (exact) mass is 481 g/mol. The van der Waals surface area contributed by atoms with Crippen LogP contribution in [0.4, 0.5) is 0 Å². The third kappa shape index (κ3) is 3.97. The molecule has 0 unspecified atom stereocenters. The van der Waals surface area contributed by atoms with Gasteiger partial charge < -0.3 is 4.90 Å². The van der Waals surface area contributed by atoms with Crippen LogP contribution < -0.4 is 0 Å². The number of fused-ring (bicyclic) bond motifs is 1. The molecule has 1 aromatic carbocycles. The number of rotatable bonds is 6. The van der Waals surface area contributed by atoms with E-state index in [1.54, 1.807) is 22.7 Å². The molecule has 0 radical (unpaired) electrons. The molecule has 2 fully saturated rings. The van der Waals surface area contributed by atoms with Gasteiger partial charge in [-0.05, 0) is 49.3 Å². The van der Waals surface area contributed by atoms with Crippen LogP contribution in [0, 0.1) is 0 Å². The van der Waals surface area contributed by atoms with Gasteiger partial charge in [0, 0.05) is 25.0 Å². The first kappa shape index (κ1) is 20.4. The van der Waals surface area contributed by atoms with E-state index in [2.05, 4.69) is 44.4 Å². The number of nitrogens with zero attached hydrogens (tertiary/aromatic N) is 5. The van der Waals surface area contributed by atoms with Gasteiger partial charge in [0.2, 0.25) is 5.91 Å². The number of carbonyl (C=O) groups is 1. The van der Waals surface area contributed by atoms with Gasteiger partial charge in [0.25, 0.3) is 0 Å². The Morgan fingerprint density at radius 1 is 1.12 bits per heavy atom. The molecular formula is C23H23N5OS3. The molecule has 1 amide bonds. The van der Waals surface area contributed by atoms with E-state index >= 15 is 0 Å². The van der Waals surface area contributed by atoms with Gasteiger partial charge >= 0.3 is 0 Å². The van der Waals surface area contributed by atoms with Gasteiger partial charge in [-0.2, -0.15) is 0 Å². The van der Waals surface area contributed by atoms with Crippen LogP contribution >= 0.6 is 34.4 Å². The Kier molecular flexibility index (Phi) is 5.48. The predicted molar refractivity (Wildman–Crippen MR) is 131 cm³/mol. The van der Waals surface area contributed by atoms with Crippen LogP contribution in [0.1, 0.15) is 42.7 Å². The van der Waals surface area contributed by atoms with Crippen molar-refractivity contribution in [1.82, 2.24) is 24.6 Å². The summed E-state index contributed by atoms with van der Waals surface area (Å²) in [5.41, 5.74) is 1.06. The zero-order valence-electron chi connectivity index (χ0n) is 17.5.